The number of carbonyl (C=O) groups is 3. The van der Waals surface area contributed by atoms with Gasteiger partial charge in [-0.15, -0.1) is 0 Å². The van der Waals surface area contributed by atoms with Crippen LogP contribution in [0.2, 0.25) is 5.02 Å². The molecule has 0 bridgehead atoms. The van der Waals surface area contributed by atoms with Crippen LogP contribution in [-0.2, 0) is 32.0 Å². The lowest BCUT2D eigenvalue weighted by Crippen LogP contribution is -2.23. The molecule has 3 aromatic rings. The van der Waals surface area contributed by atoms with Gasteiger partial charge in [0.05, 0.1) is 6.42 Å². The predicted octanol–water partition coefficient (Wildman–Crippen LogP) is 6.52. The predicted molar refractivity (Wildman–Crippen MR) is 145 cm³/mol. The summed E-state index contributed by atoms with van der Waals surface area (Å²) < 4.78 is 5.06. The molecule has 6 nitrogen and oxygen atoms in total. The molecular formula is C28H29ClN2O4S. The number of aryl methyl sites for hydroxylation is 2. The highest BCUT2D eigenvalue weighted by Crippen LogP contribution is 2.29. The molecule has 0 radical (unpaired) electrons. The van der Waals surface area contributed by atoms with Crippen molar-refractivity contribution in [2.24, 2.45) is 0 Å². The molecular weight excluding hydrogens is 496 g/mol. The summed E-state index contributed by atoms with van der Waals surface area (Å²) in [5.74, 6) is -1.31. The first-order valence-corrected chi connectivity index (χ1v) is 13.0. The number of hydrogen-bond acceptors (Lipinski definition) is 5. The van der Waals surface area contributed by atoms with Crippen LogP contribution in [0.3, 0.4) is 0 Å². The Morgan fingerprint density at radius 2 is 1.36 bits per heavy atom. The minimum atomic E-state index is -0.602. The molecule has 8 heteroatoms. The Morgan fingerprint density at radius 3 is 1.94 bits per heavy atom. The van der Waals surface area contributed by atoms with E-state index >= 15 is 0 Å². The monoisotopic (exact) mass is 524 g/mol. The fourth-order valence-electron chi connectivity index (χ4n) is 3.48. The van der Waals surface area contributed by atoms with Gasteiger partial charge in [-0.25, -0.2) is 0 Å². The molecule has 2 amide bonds. The molecule has 0 aromatic heterocycles. The standard InChI is InChI=1S/C28H29ClN2O4S/c1-3-19-6-5-7-20(4-2)28(19)31-26(33)18-35-27(34)17-16-25(32)30-22-10-14-24(15-11-22)36-23-12-8-21(29)9-13-23/h5-15H,3-4,16-18H2,1-2H3,(H,30,32)(H,31,33). The van der Waals surface area contributed by atoms with Crippen molar-refractivity contribution in [3.63, 3.8) is 0 Å². The van der Waals surface area contributed by atoms with Crippen molar-refractivity contribution < 1.29 is 19.1 Å². The zero-order chi connectivity index (χ0) is 25.9. The molecule has 0 aliphatic heterocycles. The van der Waals surface area contributed by atoms with Crippen LogP contribution in [0.4, 0.5) is 11.4 Å². The van der Waals surface area contributed by atoms with Crippen molar-refractivity contribution in [2.75, 3.05) is 17.2 Å². The molecule has 3 aromatic carbocycles. The number of ether oxygens (including phenoxy) is 1. The second-order valence-electron chi connectivity index (χ2n) is 8.00. The minimum Gasteiger partial charge on any atom is -0.456 e. The number of amides is 2. The molecule has 0 heterocycles. The lowest BCUT2D eigenvalue weighted by atomic mass is 10.0. The second kappa shape index (κ2) is 13.7. The van der Waals surface area contributed by atoms with Crippen LogP contribution >= 0.6 is 23.4 Å². The van der Waals surface area contributed by atoms with Gasteiger partial charge in [-0.1, -0.05) is 55.4 Å². The van der Waals surface area contributed by atoms with E-state index in [0.717, 1.165) is 39.4 Å². The van der Waals surface area contributed by atoms with Gasteiger partial charge in [0, 0.05) is 32.6 Å². The van der Waals surface area contributed by atoms with Crippen molar-refractivity contribution >= 4 is 52.5 Å². The number of anilines is 2. The third kappa shape index (κ3) is 8.43. The van der Waals surface area contributed by atoms with E-state index in [1.165, 1.54) is 0 Å². The van der Waals surface area contributed by atoms with Gasteiger partial charge < -0.3 is 15.4 Å². The molecule has 0 unspecified atom stereocenters. The Bertz CT molecular complexity index is 1170. The minimum absolute atomic E-state index is 0.0413. The van der Waals surface area contributed by atoms with Crippen molar-refractivity contribution in [3.8, 4) is 0 Å². The third-order valence-corrected chi connectivity index (χ3v) is 6.64. The summed E-state index contributed by atoms with van der Waals surface area (Å²) in [5.41, 5.74) is 3.47. The number of carbonyl (C=O) groups excluding carboxylic acids is 3. The molecule has 0 aliphatic carbocycles. The summed E-state index contributed by atoms with van der Waals surface area (Å²) in [6.07, 6.45) is 1.40. The number of nitrogens with one attached hydrogen (secondary N) is 2. The highest BCUT2D eigenvalue weighted by Gasteiger charge is 2.13. The lowest BCUT2D eigenvalue weighted by molar-refractivity contribution is -0.147. The van der Waals surface area contributed by atoms with Gasteiger partial charge in [0.15, 0.2) is 6.61 Å². The van der Waals surface area contributed by atoms with E-state index in [1.807, 2.05) is 68.4 Å². The summed E-state index contributed by atoms with van der Waals surface area (Å²) in [6, 6.07) is 20.9. The summed E-state index contributed by atoms with van der Waals surface area (Å²) in [7, 11) is 0. The van der Waals surface area contributed by atoms with E-state index in [1.54, 1.807) is 23.9 Å². The Hall–Kier alpha value is -3.29. The Kier molecular flexibility index (Phi) is 10.4. The lowest BCUT2D eigenvalue weighted by Gasteiger charge is -2.14. The van der Waals surface area contributed by atoms with Crippen LogP contribution in [0.15, 0.2) is 76.5 Å². The first-order chi connectivity index (χ1) is 17.4. The van der Waals surface area contributed by atoms with Gasteiger partial charge in [-0.3, -0.25) is 14.4 Å². The normalized spacial score (nSPS) is 10.5. The third-order valence-electron chi connectivity index (χ3n) is 5.37. The smallest absolute Gasteiger partial charge is 0.306 e. The fraction of sp³-hybridized carbons (Fsp3) is 0.250. The van der Waals surface area contributed by atoms with Crippen LogP contribution in [0.25, 0.3) is 0 Å². The topological polar surface area (TPSA) is 84.5 Å². The number of para-hydroxylation sites is 1. The van der Waals surface area contributed by atoms with Crippen LogP contribution in [0.1, 0.15) is 37.8 Å². The second-order valence-corrected chi connectivity index (χ2v) is 9.58. The molecule has 0 saturated carbocycles. The largest absolute Gasteiger partial charge is 0.456 e. The van der Waals surface area contributed by atoms with Gasteiger partial charge in [-0.2, -0.15) is 0 Å². The Balaban J connectivity index is 1.40. The van der Waals surface area contributed by atoms with Crippen molar-refractivity contribution in [2.45, 2.75) is 49.3 Å². The van der Waals surface area contributed by atoms with Gasteiger partial charge >= 0.3 is 5.97 Å². The molecule has 0 atom stereocenters. The highest BCUT2D eigenvalue weighted by molar-refractivity contribution is 7.99. The maximum absolute atomic E-state index is 12.3. The average Bonchev–Trinajstić information content (AvgIpc) is 2.88. The van der Waals surface area contributed by atoms with Gasteiger partial charge in [0.2, 0.25) is 5.91 Å². The molecule has 0 aliphatic rings. The molecule has 0 fully saturated rings. The van der Waals surface area contributed by atoms with Crippen LogP contribution in [0, 0.1) is 0 Å². The van der Waals surface area contributed by atoms with Gasteiger partial charge in [0.25, 0.3) is 5.91 Å². The zero-order valence-corrected chi connectivity index (χ0v) is 21.9. The van der Waals surface area contributed by atoms with E-state index in [2.05, 4.69) is 10.6 Å². The number of rotatable bonds is 11. The molecule has 36 heavy (non-hydrogen) atoms. The Labute approximate surface area is 220 Å². The van der Waals surface area contributed by atoms with Crippen molar-refractivity contribution in [1.29, 1.82) is 0 Å². The molecule has 3 rings (SSSR count). The fourth-order valence-corrected chi connectivity index (χ4v) is 4.42. The molecule has 188 valence electrons. The van der Waals surface area contributed by atoms with Crippen LogP contribution < -0.4 is 10.6 Å². The summed E-state index contributed by atoms with van der Waals surface area (Å²) >= 11 is 7.50. The average molecular weight is 525 g/mol. The maximum atomic E-state index is 12.3. The number of halogens is 1. The van der Waals surface area contributed by atoms with Crippen LogP contribution in [0.5, 0.6) is 0 Å². The molecule has 2 N–H and O–H groups in total. The SMILES string of the molecule is CCc1cccc(CC)c1NC(=O)COC(=O)CCC(=O)Nc1ccc(Sc2ccc(Cl)cc2)cc1. The van der Waals surface area contributed by atoms with E-state index in [0.29, 0.717) is 10.7 Å². The van der Waals surface area contributed by atoms with Crippen molar-refractivity contribution in [1.82, 2.24) is 0 Å². The number of benzene rings is 3. The van der Waals surface area contributed by atoms with E-state index in [9.17, 15) is 14.4 Å². The summed E-state index contributed by atoms with van der Waals surface area (Å²) in [6.45, 7) is 3.64. The van der Waals surface area contributed by atoms with Crippen LogP contribution in [-0.4, -0.2) is 24.4 Å². The van der Waals surface area contributed by atoms with E-state index < -0.39 is 18.5 Å². The number of hydrogen-bond donors (Lipinski definition) is 2. The zero-order valence-electron chi connectivity index (χ0n) is 20.3. The quantitative estimate of drug-likeness (QED) is 0.279. The maximum Gasteiger partial charge on any atom is 0.306 e. The number of esters is 1. The van der Waals surface area contributed by atoms with Gasteiger partial charge in [-0.05, 0) is 72.5 Å². The molecule has 0 saturated heterocycles. The van der Waals surface area contributed by atoms with Crippen molar-refractivity contribution in [3.05, 3.63) is 82.9 Å². The highest BCUT2D eigenvalue weighted by atomic mass is 35.5. The summed E-state index contributed by atoms with van der Waals surface area (Å²) in [4.78, 5) is 38.7. The van der Waals surface area contributed by atoms with Gasteiger partial charge in [0.1, 0.15) is 0 Å². The molecule has 0 spiro atoms. The Morgan fingerprint density at radius 1 is 0.778 bits per heavy atom. The first-order valence-electron chi connectivity index (χ1n) is 11.8. The summed E-state index contributed by atoms with van der Waals surface area (Å²) in [5, 5.41) is 6.31. The van der Waals surface area contributed by atoms with E-state index in [4.69, 9.17) is 16.3 Å². The van der Waals surface area contributed by atoms with E-state index in [-0.39, 0.29) is 18.7 Å². The first kappa shape index (κ1) is 27.3.